The van der Waals surface area contributed by atoms with Gasteiger partial charge in [-0.1, -0.05) is 19.1 Å². The molecule has 1 heterocycles. The summed E-state index contributed by atoms with van der Waals surface area (Å²) >= 11 is 1.75. The Kier molecular flexibility index (Phi) is 5.49. The lowest BCUT2D eigenvalue weighted by Gasteiger charge is -1.98. The van der Waals surface area contributed by atoms with Gasteiger partial charge in [-0.2, -0.15) is 0 Å². The highest BCUT2D eigenvalue weighted by Crippen LogP contribution is 2.09. The predicted octanol–water partition coefficient (Wildman–Crippen LogP) is 2.76. The van der Waals surface area contributed by atoms with Crippen molar-refractivity contribution in [1.82, 2.24) is 10.3 Å². The first-order chi connectivity index (χ1) is 6.86. The Balaban J connectivity index is 2.18. The summed E-state index contributed by atoms with van der Waals surface area (Å²) in [6.45, 7) is 6.12. The molecule has 78 valence electrons. The van der Waals surface area contributed by atoms with Crippen LogP contribution < -0.4 is 5.32 Å². The molecule has 1 aromatic rings. The van der Waals surface area contributed by atoms with Gasteiger partial charge in [-0.3, -0.25) is 0 Å². The van der Waals surface area contributed by atoms with Gasteiger partial charge in [-0.05, 0) is 26.3 Å². The first kappa shape index (κ1) is 11.4. The average molecular weight is 210 g/mol. The fourth-order valence-corrected chi connectivity index (χ4v) is 1.91. The Morgan fingerprint density at radius 1 is 1.57 bits per heavy atom. The van der Waals surface area contributed by atoms with Crippen LogP contribution in [-0.4, -0.2) is 11.5 Å². The van der Waals surface area contributed by atoms with Gasteiger partial charge in [-0.15, -0.1) is 11.3 Å². The lowest BCUT2D eigenvalue weighted by Crippen LogP contribution is -2.14. The predicted molar refractivity (Wildman–Crippen MR) is 62.6 cm³/mol. The van der Waals surface area contributed by atoms with Gasteiger partial charge in [0.25, 0.3) is 0 Å². The number of rotatable bonds is 6. The molecule has 0 atom stereocenters. The number of nitrogens with zero attached hydrogens (tertiary/aromatic N) is 1. The molecule has 0 aromatic carbocycles. The van der Waals surface area contributed by atoms with E-state index in [0.29, 0.717) is 0 Å². The Morgan fingerprint density at radius 3 is 3.07 bits per heavy atom. The second kappa shape index (κ2) is 6.74. The van der Waals surface area contributed by atoms with Crippen molar-refractivity contribution in [3.05, 3.63) is 28.2 Å². The van der Waals surface area contributed by atoms with Crippen LogP contribution in [0.2, 0.25) is 0 Å². The third-order valence-electron chi connectivity index (χ3n) is 1.93. The van der Waals surface area contributed by atoms with E-state index in [1.54, 1.807) is 11.3 Å². The molecule has 0 fully saturated rings. The molecule has 0 aliphatic carbocycles. The third kappa shape index (κ3) is 4.03. The maximum Gasteiger partial charge on any atom is 0.0926 e. The number of hydrogen-bond acceptors (Lipinski definition) is 3. The molecular formula is C11H18N2S. The van der Waals surface area contributed by atoms with Crippen LogP contribution in [0.3, 0.4) is 0 Å². The summed E-state index contributed by atoms with van der Waals surface area (Å²) in [7, 11) is 0. The second-order valence-electron chi connectivity index (χ2n) is 3.12. The Hall–Kier alpha value is -0.670. The number of aromatic nitrogens is 1. The highest BCUT2D eigenvalue weighted by molar-refractivity contribution is 7.09. The van der Waals surface area contributed by atoms with Crippen LogP contribution in [0.4, 0.5) is 0 Å². The van der Waals surface area contributed by atoms with Gasteiger partial charge in [0.1, 0.15) is 0 Å². The van der Waals surface area contributed by atoms with Gasteiger partial charge in [0, 0.05) is 11.9 Å². The molecule has 0 unspecified atom stereocenters. The van der Waals surface area contributed by atoms with Crippen LogP contribution in [0.15, 0.2) is 17.5 Å². The van der Waals surface area contributed by atoms with Crippen LogP contribution in [0.25, 0.3) is 0 Å². The van der Waals surface area contributed by atoms with Crippen molar-refractivity contribution in [1.29, 1.82) is 0 Å². The number of aryl methyl sites for hydroxylation is 1. The lowest BCUT2D eigenvalue weighted by molar-refractivity contribution is 0.683. The zero-order valence-corrected chi connectivity index (χ0v) is 9.73. The van der Waals surface area contributed by atoms with Crippen molar-refractivity contribution >= 4 is 11.3 Å². The minimum atomic E-state index is 0.897. The van der Waals surface area contributed by atoms with Crippen molar-refractivity contribution in [2.24, 2.45) is 0 Å². The van der Waals surface area contributed by atoms with Crippen LogP contribution in [0.1, 0.15) is 31.0 Å². The van der Waals surface area contributed by atoms with E-state index >= 15 is 0 Å². The zero-order valence-electron chi connectivity index (χ0n) is 8.92. The van der Waals surface area contributed by atoms with E-state index in [4.69, 9.17) is 0 Å². The molecule has 1 N–H and O–H groups in total. The van der Waals surface area contributed by atoms with Crippen molar-refractivity contribution in [2.45, 2.75) is 33.2 Å². The fraction of sp³-hybridized carbons (Fsp3) is 0.545. The maximum atomic E-state index is 4.48. The van der Waals surface area contributed by atoms with Gasteiger partial charge >= 0.3 is 0 Å². The fourth-order valence-electron chi connectivity index (χ4n) is 1.16. The first-order valence-electron chi connectivity index (χ1n) is 5.12. The van der Waals surface area contributed by atoms with E-state index in [1.807, 2.05) is 6.92 Å². The van der Waals surface area contributed by atoms with Crippen LogP contribution in [-0.2, 0) is 13.0 Å². The van der Waals surface area contributed by atoms with Gasteiger partial charge in [0.2, 0.25) is 0 Å². The molecule has 14 heavy (non-hydrogen) atoms. The summed E-state index contributed by atoms with van der Waals surface area (Å²) in [6.07, 6.45) is 6.40. The zero-order chi connectivity index (χ0) is 10.2. The van der Waals surface area contributed by atoms with E-state index in [2.05, 4.69) is 34.8 Å². The quantitative estimate of drug-likeness (QED) is 0.577. The SMILES string of the molecule is C/C=C/CCNCc1csc(CC)n1. The minimum absolute atomic E-state index is 0.897. The number of thiazole rings is 1. The number of allylic oxidation sites excluding steroid dienone is 1. The second-order valence-corrected chi connectivity index (χ2v) is 4.06. The Morgan fingerprint density at radius 2 is 2.43 bits per heavy atom. The molecule has 0 aliphatic rings. The normalized spacial score (nSPS) is 11.3. The molecule has 0 bridgehead atoms. The molecule has 1 rings (SSSR count). The molecule has 0 saturated carbocycles. The molecule has 1 aromatic heterocycles. The monoisotopic (exact) mass is 210 g/mol. The molecule has 0 spiro atoms. The summed E-state index contributed by atoms with van der Waals surface area (Å²) in [5.41, 5.74) is 1.17. The van der Waals surface area contributed by atoms with Crippen molar-refractivity contribution in [2.75, 3.05) is 6.54 Å². The Labute approximate surface area is 90.1 Å². The van der Waals surface area contributed by atoms with E-state index in [1.165, 1.54) is 10.7 Å². The van der Waals surface area contributed by atoms with Crippen LogP contribution >= 0.6 is 11.3 Å². The Bertz CT molecular complexity index is 279. The summed E-state index contributed by atoms with van der Waals surface area (Å²) in [5, 5.41) is 6.74. The molecule has 0 saturated heterocycles. The van der Waals surface area contributed by atoms with E-state index in [9.17, 15) is 0 Å². The molecule has 3 heteroatoms. The van der Waals surface area contributed by atoms with Gasteiger partial charge in [0.05, 0.1) is 10.7 Å². The summed E-state index contributed by atoms with van der Waals surface area (Å²) in [6, 6.07) is 0. The summed E-state index contributed by atoms with van der Waals surface area (Å²) in [4.78, 5) is 4.48. The minimum Gasteiger partial charge on any atom is -0.311 e. The molecular weight excluding hydrogens is 192 g/mol. The van der Waals surface area contributed by atoms with E-state index in [-0.39, 0.29) is 0 Å². The van der Waals surface area contributed by atoms with Crippen molar-refractivity contribution < 1.29 is 0 Å². The first-order valence-corrected chi connectivity index (χ1v) is 6.00. The average Bonchev–Trinajstić information content (AvgIpc) is 2.65. The standard InChI is InChI=1S/C11H18N2S/c1-3-5-6-7-12-8-10-9-14-11(4-2)13-10/h3,5,9,12H,4,6-8H2,1-2H3/b5-3+. The highest BCUT2D eigenvalue weighted by Gasteiger charge is 1.98. The van der Waals surface area contributed by atoms with Gasteiger partial charge in [-0.25, -0.2) is 4.98 Å². The van der Waals surface area contributed by atoms with Crippen molar-refractivity contribution in [3.63, 3.8) is 0 Å². The largest absolute Gasteiger partial charge is 0.311 e. The van der Waals surface area contributed by atoms with Crippen LogP contribution in [0, 0.1) is 0 Å². The maximum absolute atomic E-state index is 4.48. The van der Waals surface area contributed by atoms with Gasteiger partial charge in [0.15, 0.2) is 0 Å². The lowest BCUT2D eigenvalue weighted by atomic mass is 10.3. The van der Waals surface area contributed by atoms with E-state index in [0.717, 1.165) is 25.9 Å². The molecule has 0 radical (unpaired) electrons. The van der Waals surface area contributed by atoms with Crippen LogP contribution in [0.5, 0.6) is 0 Å². The molecule has 2 nitrogen and oxygen atoms in total. The highest BCUT2D eigenvalue weighted by atomic mass is 32.1. The topological polar surface area (TPSA) is 24.9 Å². The number of nitrogens with one attached hydrogen (secondary N) is 1. The van der Waals surface area contributed by atoms with Gasteiger partial charge < -0.3 is 5.32 Å². The molecule has 0 aliphatic heterocycles. The number of hydrogen-bond donors (Lipinski definition) is 1. The van der Waals surface area contributed by atoms with E-state index < -0.39 is 0 Å². The summed E-state index contributed by atoms with van der Waals surface area (Å²) < 4.78 is 0. The van der Waals surface area contributed by atoms with Crippen molar-refractivity contribution in [3.8, 4) is 0 Å². The summed E-state index contributed by atoms with van der Waals surface area (Å²) in [5.74, 6) is 0. The molecule has 0 amide bonds. The third-order valence-corrected chi connectivity index (χ3v) is 2.97. The smallest absolute Gasteiger partial charge is 0.0926 e.